The van der Waals surface area contributed by atoms with E-state index in [0.717, 1.165) is 18.4 Å². The minimum Gasteiger partial charge on any atom is -0.393 e. The van der Waals surface area contributed by atoms with Crippen LogP contribution in [0.15, 0.2) is 18.2 Å². The SMILES string of the molecule is CC(O)CC(C)(C)CNC(=O)c1ccc2c(c1)CCC2. The van der Waals surface area contributed by atoms with Crippen molar-refractivity contribution in [1.82, 2.24) is 5.32 Å². The van der Waals surface area contributed by atoms with Gasteiger partial charge in [-0.2, -0.15) is 0 Å². The molecule has 2 rings (SSSR count). The van der Waals surface area contributed by atoms with E-state index in [1.54, 1.807) is 6.92 Å². The van der Waals surface area contributed by atoms with Gasteiger partial charge in [0.1, 0.15) is 0 Å². The lowest BCUT2D eigenvalue weighted by atomic mass is 9.87. The van der Waals surface area contributed by atoms with Crippen LogP contribution in [0.4, 0.5) is 0 Å². The van der Waals surface area contributed by atoms with Crippen LogP contribution in [0.1, 0.15) is 55.1 Å². The summed E-state index contributed by atoms with van der Waals surface area (Å²) in [6.45, 7) is 6.48. The number of rotatable bonds is 5. The van der Waals surface area contributed by atoms with Crippen molar-refractivity contribution < 1.29 is 9.90 Å². The summed E-state index contributed by atoms with van der Waals surface area (Å²) in [5.74, 6) is -0.0154. The molecule has 1 unspecified atom stereocenters. The zero-order valence-corrected chi connectivity index (χ0v) is 12.7. The van der Waals surface area contributed by atoms with Gasteiger partial charge >= 0.3 is 0 Å². The molecule has 0 aromatic heterocycles. The van der Waals surface area contributed by atoms with Crippen LogP contribution in [0.2, 0.25) is 0 Å². The number of aliphatic hydroxyl groups is 1. The highest BCUT2D eigenvalue weighted by Crippen LogP contribution is 2.24. The number of carbonyl (C=O) groups is 1. The maximum Gasteiger partial charge on any atom is 0.251 e. The maximum atomic E-state index is 12.2. The monoisotopic (exact) mass is 275 g/mol. The lowest BCUT2D eigenvalue weighted by Gasteiger charge is -2.26. The topological polar surface area (TPSA) is 49.3 Å². The predicted octanol–water partition coefficient (Wildman–Crippen LogP) is 2.70. The average molecular weight is 275 g/mol. The number of aliphatic hydroxyl groups excluding tert-OH is 1. The van der Waals surface area contributed by atoms with Crippen molar-refractivity contribution in [3.8, 4) is 0 Å². The number of nitrogens with one attached hydrogen (secondary N) is 1. The van der Waals surface area contributed by atoms with E-state index < -0.39 is 0 Å². The van der Waals surface area contributed by atoms with Crippen molar-refractivity contribution in [2.75, 3.05) is 6.54 Å². The van der Waals surface area contributed by atoms with E-state index in [2.05, 4.69) is 25.2 Å². The van der Waals surface area contributed by atoms with Crippen molar-refractivity contribution in [1.29, 1.82) is 0 Å². The molecule has 0 saturated heterocycles. The number of hydrogen-bond acceptors (Lipinski definition) is 2. The van der Waals surface area contributed by atoms with Crippen LogP contribution in [0.5, 0.6) is 0 Å². The van der Waals surface area contributed by atoms with Gasteiger partial charge in [0.25, 0.3) is 5.91 Å². The Morgan fingerprint density at radius 2 is 2.05 bits per heavy atom. The largest absolute Gasteiger partial charge is 0.393 e. The van der Waals surface area contributed by atoms with Crippen LogP contribution >= 0.6 is 0 Å². The molecule has 0 fully saturated rings. The van der Waals surface area contributed by atoms with Crippen LogP contribution < -0.4 is 5.32 Å². The molecule has 1 aliphatic carbocycles. The van der Waals surface area contributed by atoms with E-state index in [-0.39, 0.29) is 17.4 Å². The van der Waals surface area contributed by atoms with Crippen LogP contribution in [-0.2, 0) is 12.8 Å². The summed E-state index contributed by atoms with van der Waals surface area (Å²) >= 11 is 0. The molecular weight excluding hydrogens is 250 g/mol. The highest BCUT2D eigenvalue weighted by atomic mass is 16.3. The van der Waals surface area contributed by atoms with Gasteiger partial charge < -0.3 is 10.4 Å². The summed E-state index contributed by atoms with van der Waals surface area (Å²) in [4.78, 5) is 12.2. The smallest absolute Gasteiger partial charge is 0.251 e. The molecule has 0 spiro atoms. The van der Waals surface area contributed by atoms with E-state index >= 15 is 0 Å². The molecule has 0 radical (unpaired) electrons. The molecule has 1 aliphatic rings. The van der Waals surface area contributed by atoms with Crippen molar-refractivity contribution in [3.63, 3.8) is 0 Å². The second-order valence-corrected chi connectivity index (χ2v) is 6.74. The van der Waals surface area contributed by atoms with Crippen LogP contribution in [0.3, 0.4) is 0 Å². The Morgan fingerprint density at radius 3 is 2.75 bits per heavy atom. The van der Waals surface area contributed by atoms with Gasteiger partial charge in [0.2, 0.25) is 0 Å². The molecular formula is C17H25NO2. The highest BCUT2D eigenvalue weighted by molar-refractivity contribution is 5.94. The first-order valence-corrected chi connectivity index (χ1v) is 7.45. The van der Waals surface area contributed by atoms with E-state index in [1.165, 1.54) is 17.5 Å². The Balaban J connectivity index is 1.95. The molecule has 0 bridgehead atoms. The first kappa shape index (κ1) is 15.0. The van der Waals surface area contributed by atoms with Crippen molar-refractivity contribution >= 4 is 5.91 Å². The zero-order chi connectivity index (χ0) is 14.8. The fourth-order valence-electron chi connectivity index (χ4n) is 3.01. The molecule has 110 valence electrons. The Hall–Kier alpha value is -1.35. The summed E-state index contributed by atoms with van der Waals surface area (Å²) in [5.41, 5.74) is 3.36. The van der Waals surface area contributed by atoms with Gasteiger partial charge in [-0.05, 0) is 61.3 Å². The van der Waals surface area contributed by atoms with Gasteiger partial charge in [-0.25, -0.2) is 0 Å². The molecule has 3 heteroatoms. The van der Waals surface area contributed by atoms with Crippen molar-refractivity contribution in [3.05, 3.63) is 34.9 Å². The maximum absolute atomic E-state index is 12.2. The first-order chi connectivity index (χ1) is 9.37. The molecule has 0 saturated carbocycles. The number of benzene rings is 1. The third-order valence-corrected chi connectivity index (χ3v) is 3.94. The third kappa shape index (κ3) is 3.83. The molecule has 0 aliphatic heterocycles. The number of aryl methyl sites for hydroxylation is 2. The second kappa shape index (κ2) is 5.96. The van der Waals surface area contributed by atoms with Gasteiger partial charge in [-0.1, -0.05) is 19.9 Å². The van der Waals surface area contributed by atoms with Crippen molar-refractivity contribution in [2.45, 2.75) is 52.6 Å². The second-order valence-electron chi connectivity index (χ2n) is 6.74. The minimum atomic E-state index is -0.345. The Kier molecular flexibility index (Phi) is 4.48. The van der Waals surface area contributed by atoms with Gasteiger partial charge in [0.05, 0.1) is 6.10 Å². The zero-order valence-electron chi connectivity index (χ0n) is 12.7. The van der Waals surface area contributed by atoms with Crippen LogP contribution in [-0.4, -0.2) is 23.7 Å². The van der Waals surface area contributed by atoms with Gasteiger partial charge in [0, 0.05) is 12.1 Å². The number of hydrogen-bond donors (Lipinski definition) is 2. The van der Waals surface area contributed by atoms with Gasteiger partial charge in [0.15, 0.2) is 0 Å². The normalized spacial score (nSPS) is 15.8. The minimum absolute atomic E-state index is 0.0154. The Bertz CT molecular complexity index is 492. The van der Waals surface area contributed by atoms with Crippen LogP contribution in [0.25, 0.3) is 0 Å². The molecule has 1 amide bonds. The predicted molar refractivity (Wildman–Crippen MR) is 80.9 cm³/mol. The molecule has 1 aromatic rings. The molecule has 3 nitrogen and oxygen atoms in total. The molecule has 1 atom stereocenters. The molecule has 0 heterocycles. The summed E-state index contributed by atoms with van der Waals surface area (Å²) < 4.78 is 0. The Labute approximate surface area is 121 Å². The number of amides is 1. The quantitative estimate of drug-likeness (QED) is 0.868. The summed E-state index contributed by atoms with van der Waals surface area (Å²) in [5, 5.41) is 12.4. The molecule has 20 heavy (non-hydrogen) atoms. The van der Waals surface area contributed by atoms with E-state index in [4.69, 9.17) is 0 Å². The van der Waals surface area contributed by atoms with E-state index in [1.807, 2.05) is 12.1 Å². The fourth-order valence-corrected chi connectivity index (χ4v) is 3.01. The lowest BCUT2D eigenvalue weighted by molar-refractivity contribution is 0.0902. The van der Waals surface area contributed by atoms with Gasteiger partial charge in [-0.15, -0.1) is 0 Å². The fraction of sp³-hybridized carbons (Fsp3) is 0.588. The van der Waals surface area contributed by atoms with Crippen LogP contribution in [0, 0.1) is 5.41 Å². The highest BCUT2D eigenvalue weighted by Gasteiger charge is 2.22. The average Bonchev–Trinajstić information content (AvgIpc) is 2.81. The first-order valence-electron chi connectivity index (χ1n) is 7.45. The number of carbonyl (C=O) groups excluding carboxylic acids is 1. The Morgan fingerprint density at radius 1 is 1.35 bits per heavy atom. The third-order valence-electron chi connectivity index (χ3n) is 3.94. The summed E-state index contributed by atoms with van der Waals surface area (Å²) in [6.07, 6.45) is 3.75. The molecule has 1 aromatic carbocycles. The van der Waals surface area contributed by atoms with E-state index in [9.17, 15) is 9.90 Å². The lowest BCUT2D eigenvalue weighted by Crippen LogP contribution is -2.35. The number of fused-ring (bicyclic) bond motifs is 1. The van der Waals surface area contributed by atoms with Crippen molar-refractivity contribution in [2.24, 2.45) is 5.41 Å². The standard InChI is InChI=1S/C17H25NO2/c1-12(19)10-17(2,3)11-18-16(20)15-8-7-13-5-4-6-14(13)9-15/h7-9,12,19H,4-6,10-11H2,1-3H3,(H,18,20). The van der Waals surface area contributed by atoms with Gasteiger partial charge in [-0.3, -0.25) is 4.79 Å². The molecule has 2 N–H and O–H groups in total. The summed E-state index contributed by atoms with van der Waals surface area (Å²) in [7, 11) is 0. The van der Waals surface area contributed by atoms with E-state index in [0.29, 0.717) is 13.0 Å². The summed E-state index contributed by atoms with van der Waals surface area (Å²) in [6, 6.07) is 6.03.